The molecule has 0 aromatic heterocycles. The molecule has 1 N–H and O–H groups in total. The molecule has 9 nitrogen and oxygen atoms in total. The first kappa shape index (κ1) is 32.7. The summed E-state index contributed by atoms with van der Waals surface area (Å²) < 4.78 is 47.1. The maximum Gasteiger partial charge on any atom is 0.333 e. The molecule has 32 heavy (non-hydrogen) atoms. The predicted octanol–water partition coefficient (Wildman–Crippen LogP) is 2.09. The molecule has 1 atom stereocenters. The Hall–Kier alpha value is -1.43. The van der Waals surface area contributed by atoms with Gasteiger partial charge in [0.1, 0.15) is 30.5 Å². The van der Waals surface area contributed by atoms with Crippen LogP contribution in [0.3, 0.4) is 0 Å². The predicted molar refractivity (Wildman–Crippen MR) is 123 cm³/mol. The standard InChI is InChI=1S/C21H34O9S.Mg.2H/c1-7-8-9-10-11-21(13-29-18(22)15(2)3,14-30-19(23)16(4)5)20(24)28-12-17(6)31(25,26)27;;;/h17H,2,4,7-14H2,1,3,5-6H3,(H,25,26,27);;;. The van der Waals surface area contributed by atoms with Crippen molar-refractivity contribution in [1.29, 1.82) is 0 Å². The summed E-state index contributed by atoms with van der Waals surface area (Å²) in [5.74, 6) is -2.37. The summed E-state index contributed by atoms with van der Waals surface area (Å²) in [6.07, 6.45) is 3.33. The summed E-state index contributed by atoms with van der Waals surface area (Å²) in [5.41, 5.74) is -1.32. The van der Waals surface area contributed by atoms with E-state index in [0.717, 1.165) is 19.3 Å². The average Bonchev–Trinajstić information content (AvgIpc) is 2.68. The van der Waals surface area contributed by atoms with E-state index in [9.17, 15) is 22.8 Å². The lowest BCUT2D eigenvalue weighted by Crippen LogP contribution is -2.44. The maximum atomic E-state index is 13.0. The summed E-state index contributed by atoms with van der Waals surface area (Å²) >= 11 is 0. The van der Waals surface area contributed by atoms with Crippen LogP contribution in [0.2, 0.25) is 0 Å². The third-order valence-corrected chi connectivity index (χ3v) is 5.71. The van der Waals surface area contributed by atoms with E-state index in [1.807, 2.05) is 6.92 Å². The minimum absolute atomic E-state index is 0. The highest BCUT2D eigenvalue weighted by molar-refractivity contribution is 7.86. The minimum atomic E-state index is -4.41. The molecular weight excluding hydrogens is 453 g/mol. The van der Waals surface area contributed by atoms with Crippen LogP contribution in [0.15, 0.2) is 24.3 Å². The first-order chi connectivity index (χ1) is 14.3. The van der Waals surface area contributed by atoms with E-state index in [2.05, 4.69) is 13.2 Å². The lowest BCUT2D eigenvalue weighted by Gasteiger charge is -2.31. The van der Waals surface area contributed by atoms with Crippen LogP contribution >= 0.6 is 0 Å². The molecule has 0 aliphatic carbocycles. The second-order valence-electron chi connectivity index (χ2n) is 7.73. The molecule has 0 spiro atoms. The van der Waals surface area contributed by atoms with Gasteiger partial charge in [-0.1, -0.05) is 45.8 Å². The summed E-state index contributed by atoms with van der Waals surface area (Å²) in [6.45, 7) is 11.5. The summed E-state index contributed by atoms with van der Waals surface area (Å²) in [4.78, 5) is 36.8. The Morgan fingerprint density at radius 3 is 1.78 bits per heavy atom. The molecule has 182 valence electrons. The summed E-state index contributed by atoms with van der Waals surface area (Å²) in [7, 11) is -4.41. The molecule has 0 aliphatic heterocycles. The second-order valence-corrected chi connectivity index (χ2v) is 9.56. The largest absolute Gasteiger partial charge is 0.464 e. The third kappa shape index (κ3) is 12.0. The fraction of sp³-hybridized carbons (Fsp3) is 0.667. The lowest BCUT2D eigenvalue weighted by molar-refractivity contribution is -0.170. The van der Waals surface area contributed by atoms with Gasteiger partial charge in [-0.15, -0.1) is 0 Å². The van der Waals surface area contributed by atoms with Crippen molar-refractivity contribution < 1.29 is 41.6 Å². The van der Waals surface area contributed by atoms with Gasteiger partial charge in [-0.25, -0.2) is 9.59 Å². The van der Waals surface area contributed by atoms with E-state index in [0.29, 0.717) is 6.42 Å². The van der Waals surface area contributed by atoms with Gasteiger partial charge in [0.25, 0.3) is 10.1 Å². The highest BCUT2D eigenvalue weighted by Crippen LogP contribution is 2.30. The first-order valence-electron chi connectivity index (χ1n) is 10.1. The zero-order chi connectivity index (χ0) is 24.2. The Morgan fingerprint density at radius 1 is 0.938 bits per heavy atom. The van der Waals surface area contributed by atoms with Crippen LogP contribution in [0, 0.1) is 5.41 Å². The number of hydrogen-bond acceptors (Lipinski definition) is 8. The number of rotatable bonds is 15. The third-order valence-electron chi connectivity index (χ3n) is 4.56. The Kier molecular flexibility index (Phi) is 15.8. The SMILES string of the molecule is C=C(C)C(=O)OCC(CCCCCC)(COC(=O)C(=C)C)C(=O)OCC(C)S(=O)(=O)O.[MgH2]. The van der Waals surface area contributed by atoms with Crippen LogP contribution in [0.25, 0.3) is 0 Å². The van der Waals surface area contributed by atoms with Crippen LogP contribution in [0.1, 0.15) is 59.8 Å². The van der Waals surface area contributed by atoms with Crippen LogP contribution in [-0.4, -0.2) is 79.0 Å². The normalized spacial score (nSPS) is 12.2. The molecule has 0 rings (SSSR count). The molecule has 0 aliphatic rings. The second kappa shape index (κ2) is 15.4. The number of hydrogen-bond donors (Lipinski definition) is 1. The first-order valence-corrected chi connectivity index (χ1v) is 11.6. The van der Waals surface area contributed by atoms with Gasteiger partial charge in [-0.3, -0.25) is 9.35 Å². The van der Waals surface area contributed by atoms with Gasteiger partial charge in [-0.05, 0) is 27.2 Å². The monoisotopic (exact) mass is 488 g/mol. The zero-order valence-corrected chi connectivity index (χ0v) is 19.6. The van der Waals surface area contributed by atoms with Crippen molar-refractivity contribution in [2.45, 2.75) is 65.0 Å². The quantitative estimate of drug-likeness (QED) is 0.0918. The maximum absolute atomic E-state index is 13.0. The molecule has 0 radical (unpaired) electrons. The van der Waals surface area contributed by atoms with E-state index >= 15 is 0 Å². The van der Waals surface area contributed by atoms with Crippen LogP contribution in [-0.2, 0) is 38.7 Å². The van der Waals surface area contributed by atoms with Gasteiger partial charge in [0.05, 0.1) is 0 Å². The van der Waals surface area contributed by atoms with Crippen molar-refractivity contribution in [2.75, 3.05) is 19.8 Å². The van der Waals surface area contributed by atoms with Gasteiger partial charge in [-0.2, -0.15) is 8.42 Å². The van der Waals surface area contributed by atoms with Crippen molar-refractivity contribution in [3.05, 3.63) is 24.3 Å². The molecule has 0 aromatic carbocycles. The van der Waals surface area contributed by atoms with Crippen molar-refractivity contribution >= 4 is 51.1 Å². The smallest absolute Gasteiger partial charge is 0.333 e. The van der Waals surface area contributed by atoms with Gasteiger partial charge in [0.2, 0.25) is 0 Å². The van der Waals surface area contributed by atoms with Crippen molar-refractivity contribution in [1.82, 2.24) is 0 Å². The van der Waals surface area contributed by atoms with E-state index in [4.69, 9.17) is 18.8 Å². The molecule has 11 heteroatoms. The molecule has 0 amide bonds. The van der Waals surface area contributed by atoms with Crippen LogP contribution in [0.5, 0.6) is 0 Å². The van der Waals surface area contributed by atoms with E-state index in [1.54, 1.807) is 0 Å². The molecular formula is C21H36MgO9S. The van der Waals surface area contributed by atoms with E-state index < -0.39 is 58.5 Å². The highest BCUT2D eigenvalue weighted by Gasteiger charge is 2.43. The number of unbranched alkanes of at least 4 members (excludes halogenated alkanes) is 3. The number of carbonyl (C=O) groups excluding carboxylic acids is 3. The topological polar surface area (TPSA) is 133 Å². The minimum Gasteiger partial charge on any atom is -0.464 e. The van der Waals surface area contributed by atoms with Gasteiger partial charge < -0.3 is 14.2 Å². The lowest BCUT2D eigenvalue weighted by atomic mass is 9.83. The van der Waals surface area contributed by atoms with Gasteiger partial charge >= 0.3 is 41.0 Å². The fourth-order valence-electron chi connectivity index (χ4n) is 2.38. The number of ether oxygens (including phenoxy) is 3. The van der Waals surface area contributed by atoms with Crippen molar-refractivity contribution in [3.8, 4) is 0 Å². The van der Waals surface area contributed by atoms with E-state index in [1.165, 1.54) is 20.8 Å². The molecule has 0 saturated carbocycles. The molecule has 0 fully saturated rings. The van der Waals surface area contributed by atoms with Crippen LogP contribution in [0.4, 0.5) is 0 Å². The molecule has 0 heterocycles. The van der Waals surface area contributed by atoms with E-state index in [-0.39, 0.29) is 40.6 Å². The molecule has 0 saturated heterocycles. The van der Waals surface area contributed by atoms with Crippen molar-refractivity contribution in [3.63, 3.8) is 0 Å². The average molecular weight is 489 g/mol. The molecule has 0 aromatic rings. The number of esters is 3. The number of carbonyl (C=O) groups is 3. The Morgan fingerprint density at radius 2 is 1.41 bits per heavy atom. The molecule has 1 unspecified atom stereocenters. The summed E-state index contributed by atoms with van der Waals surface area (Å²) in [5, 5.41) is -1.36. The zero-order valence-electron chi connectivity index (χ0n) is 18.8. The van der Waals surface area contributed by atoms with Crippen molar-refractivity contribution in [2.24, 2.45) is 5.41 Å². The highest BCUT2D eigenvalue weighted by atomic mass is 32.2. The Balaban J connectivity index is 0. The van der Waals surface area contributed by atoms with Crippen LogP contribution < -0.4 is 0 Å². The molecule has 0 bridgehead atoms. The van der Waals surface area contributed by atoms with Gasteiger partial charge in [0, 0.05) is 11.1 Å². The summed E-state index contributed by atoms with van der Waals surface area (Å²) in [6, 6.07) is 0. The van der Waals surface area contributed by atoms with Gasteiger partial charge in [0.15, 0.2) is 0 Å². The Bertz CT molecular complexity index is 744. The Labute approximate surface area is 206 Å². The fourth-order valence-corrected chi connectivity index (χ4v) is 2.62.